The molecule has 4 nitrogen and oxygen atoms in total. The van der Waals surface area contributed by atoms with Crippen LogP contribution in [0.1, 0.15) is 36.5 Å². The molecule has 4 N–H and O–H groups in total. The minimum absolute atomic E-state index is 0.0754. The molecule has 0 bridgehead atoms. The third kappa shape index (κ3) is 3.39. The largest absolute Gasteiger partial charge is 0.397 e. The summed E-state index contributed by atoms with van der Waals surface area (Å²) < 4.78 is 0. The predicted octanol–water partition coefficient (Wildman–Crippen LogP) is 2.71. The van der Waals surface area contributed by atoms with Gasteiger partial charge in [-0.25, -0.2) is 0 Å². The number of nitrogens with two attached hydrogens (primary N) is 1. The molecule has 2 atom stereocenters. The number of anilines is 2. The van der Waals surface area contributed by atoms with Crippen molar-refractivity contribution in [1.82, 2.24) is 5.32 Å². The molecule has 0 radical (unpaired) electrons. The Bertz CT molecular complexity index is 478. The summed E-state index contributed by atoms with van der Waals surface area (Å²) in [7, 11) is 0. The molecule has 110 valence electrons. The molecule has 1 saturated carbocycles. The normalized spacial score (nSPS) is 21.7. The van der Waals surface area contributed by atoms with Crippen LogP contribution >= 0.6 is 11.8 Å². The second-order valence-electron chi connectivity index (χ2n) is 5.12. The fourth-order valence-corrected chi connectivity index (χ4v) is 3.61. The van der Waals surface area contributed by atoms with Crippen molar-refractivity contribution in [2.45, 2.75) is 37.5 Å². The first-order valence-corrected chi connectivity index (χ1v) is 8.41. The number of hydrogen-bond donors (Lipinski definition) is 3. The van der Waals surface area contributed by atoms with Gasteiger partial charge in [-0.15, -0.1) is 0 Å². The molecular weight excluding hydrogens is 270 g/mol. The van der Waals surface area contributed by atoms with Crippen LogP contribution in [0.25, 0.3) is 0 Å². The molecule has 1 fully saturated rings. The molecule has 0 spiro atoms. The van der Waals surface area contributed by atoms with E-state index in [1.807, 2.05) is 30.8 Å². The van der Waals surface area contributed by atoms with Gasteiger partial charge in [0.05, 0.1) is 11.4 Å². The summed E-state index contributed by atoms with van der Waals surface area (Å²) in [5.41, 5.74) is 8.26. The second kappa shape index (κ2) is 6.88. The van der Waals surface area contributed by atoms with Crippen molar-refractivity contribution in [3.8, 4) is 0 Å². The molecule has 1 aromatic carbocycles. The number of nitrogen functional groups attached to an aromatic ring is 1. The number of thioether (sulfide) groups is 1. The van der Waals surface area contributed by atoms with Crippen molar-refractivity contribution in [3.63, 3.8) is 0 Å². The average molecular weight is 293 g/mol. The number of carbonyl (C=O) groups is 1. The highest BCUT2D eigenvalue weighted by Gasteiger charge is 2.26. The Hall–Kier alpha value is -1.36. The Morgan fingerprint density at radius 3 is 2.90 bits per heavy atom. The standard InChI is InChI=1S/C15H23N3OS/c1-3-17-15(19)10-7-8-12(11(16)9-10)18-13-5-4-6-14(13)20-2/h7-9,13-14,18H,3-6,16H2,1-2H3,(H,17,19). The van der Waals surface area contributed by atoms with E-state index in [1.54, 1.807) is 6.07 Å². The maximum atomic E-state index is 11.8. The topological polar surface area (TPSA) is 67.2 Å². The smallest absolute Gasteiger partial charge is 0.251 e. The molecular formula is C15H23N3OS. The lowest BCUT2D eigenvalue weighted by Gasteiger charge is -2.21. The van der Waals surface area contributed by atoms with Gasteiger partial charge in [-0.1, -0.05) is 6.42 Å². The summed E-state index contributed by atoms with van der Waals surface area (Å²) in [6.45, 7) is 2.52. The third-order valence-electron chi connectivity index (χ3n) is 3.75. The molecule has 1 amide bonds. The second-order valence-corrected chi connectivity index (χ2v) is 6.19. The fourth-order valence-electron chi connectivity index (χ4n) is 2.67. The van der Waals surface area contributed by atoms with Crippen LogP contribution in [0.5, 0.6) is 0 Å². The van der Waals surface area contributed by atoms with E-state index in [4.69, 9.17) is 5.73 Å². The Morgan fingerprint density at radius 2 is 2.25 bits per heavy atom. The minimum atomic E-state index is -0.0754. The zero-order chi connectivity index (χ0) is 14.5. The number of hydrogen-bond acceptors (Lipinski definition) is 4. The molecule has 1 aliphatic carbocycles. The lowest BCUT2D eigenvalue weighted by molar-refractivity contribution is 0.0956. The van der Waals surface area contributed by atoms with Crippen LogP contribution in [0, 0.1) is 0 Å². The Morgan fingerprint density at radius 1 is 1.45 bits per heavy atom. The lowest BCUT2D eigenvalue weighted by atomic mass is 10.1. The van der Waals surface area contributed by atoms with Crippen molar-refractivity contribution in [2.75, 3.05) is 23.9 Å². The van der Waals surface area contributed by atoms with Crippen molar-refractivity contribution in [3.05, 3.63) is 23.8 Å². The maximum absolute atomic E-state index is 11.8. The summed E-state index contributed by atoms with van der Waals surface area (Å²) in [5, 5.41) is 6.96. The van der Waals surface area contributed by atoms with E-state index in [-0.39, 0.29) is 5.91 Å². The van der Waals surface area contributed by atoms with Crippen LogP contribution in [-0.2, 0) is 0 Å². The molecule has 1 aromatic rings. The van der Waals surface area contributed by atoms with E-state index in [0.29, 0.717) is 29.1 Å². The number of rotatable bonds is 5. The molecule has 2 unspecified atom stereocenters. The molecule has 0 heterocycles. The van der Waals surface area contributed by atoms with Gasteiger partial charge in [0.15, 0.2) is 0 Å². The first-order valence-electron chi connectivity index (χ1n) is 7.12. The fraction of sp³-hybridized carbons (Fsp3) is 0.533. The SMILES string of the molecule is CCNC(=O)c1ccc(NC2CCCC2SC)c(N)c1. The maximum Gasteiger partial charge on any atom is 0.251 e. The van der Waals surface area contributed by atoms with Crippen LogP contribution in [0.2, 0.25) is 0 Å². The van der Waals surface area contributed by atoms with Gasteiger partial charge in [0, 0.05) is 23.4 Å². The van der Waals surface area contributed by atoms with E-state index < -0.39 is 0 Å². The van der Waals surface area contributed by atoms with E-state index in [2.05, 4.69) is 16.9 Å². The van der Waals surface area contributed by atoms with E-state index in [0.717, 1.165) is 5.69 Å². The number of benzene rings is 1. The Balaban J connectivity index is 2.08. The van der Waals surface area contributed by atoms with Crippen molar-refractivity contribution in [2.24, 2.45) is 0 Å². The number of nitrogens with one attached hydrogen (secondary N) is 2. The van der Waals surface area contributed by atoms with Crippen molar-refractivity contribution < 1.29 is 4.79 Å². The molecule has 1 aliphatic rings. The van der Waals surface area contributed by atoms with Gasteiger partial charge < -0.3 is 16.4 Å². The van der Waals surface area contributed by atoms with Gasteiger partial charge in [0.2, 0.25) is 0 Å². The van der Waals surface area contributed by atoms with Crippen LogP contribution < -0.4 is 16.4 Å². The van der Waals surface area contributed by atoms with E-state index in [1.165, 1.54) is 19.3 Å². The Labute approximate surface area is 124 Å². The quantitative estimate of drug-likeness (QED) is 0.730. The Kier molecular flexibility index (Phi) is 5.17. The summed E-state index contributed by atoms with van der Waals surface area (Å²) in [5.74, 6) is -0.0754. The monoisotopic (exact) mass is 293 g/mol. The predicted molar refractivity (Wildman–Crippen MR) is 87.4 cm³/mol. The van der Waals surface area contributed by atoms with Crippen LogP contribution in [0.3, 0.4) is 0 Å². The highest BCUT2D eigenvalue weighted by atomic mass is 32.2. The van der Waals surface area contributed by atoms with Crippen molar-refractivity contribution >= 4 is 29.0 Å². The zero-order valence-electron chi connectivity index (χ0n) is 12.1. The molecule has 0 aliphatic heterocycles. The van der Waals surface area contributed by atoms with Gasteiger partial charge in [-0.3, -0.25) is 4.79 Å². The molecule has 20 heavy (non-hydrogen) atoms. The summed E-state index contributed by atoms with van der Waals surface area (Å²) in [4.78, 5) is 11.8. The van der Waals surface area contributed by atoms with Gasteiger partial charge >= 0.3 is 0 Å². The average Bonchev–Trinajstić information content (AvgIpc) is 2.88. The first kappa shape index (κ1) is 15.0. The van der Waals surface area contributed by atoms with E-state index in [9.17, 15) is 4.79 Å². The van der Waals surface area contributed by atoms with Crippen LogP contribution in [-0.4, -0.2) is 30.0 Å². The van der Waals surface area contributed by atoms with Gasteiger partial charge in [-0.2, -0.15) is 11.8 Å². The molecule has 0 saturated heterocycles. The van der Waals surface area contributed by atoms with Gasteiger partial charge in [-0.05, 0) is 44.2 Å². The van der Waals surface area contributed by atoms with Crippen LogP contribution in [0.4, 0.5) is 11.4 Å². The summed E-state index contributed by atoms with van der Waals surface area (Å²) in [6.07, 6.45) is 5.87. The van der Waals surface area contributed by atoms with Crippen LogP contribution in [0.15, 0.2) is 18.2 Å². The summed E-state index contributed by atoms with van der Waals surface area (Å²) in [6, 6.07) is 5.96. The molecule has 2 rings (SSSR count). The van der Waals surface area contributed by atoms with Crippen molar-refractivity contribution in [1.29, 1.82) is 0 Å². The number of carbonyl (C=O) groups excluding carboxylic acids is 1. The molecule has 0 aromatic heterocycles. The minimum Gasteiger partial charge on any atom is -0.397 e. The van der Waals surface area contributed by atoms with Gasteiger partial charge in [0.1, 0.15) is 0 Å². The van der Waals surface area contributed by atoms with E-state index >= 15 is 0 Å². The zero-order valence-corrected chi connectivity index (χ0v) is 12.9. The van der Waals surface area contributed by atoms with Gasteiger partial charge in [0.25, 0.3) is 5.91 Å². The third-order valence-corrected chi connectivity index (χ3v) is 4.92. The highest BCUT2D eigenvalue weighted by molar-refractivity contribution is 7.99. The lowest BCUT2D eigenvalue weighted by Crippen LogP contribution is -2.26. The highest BCUT2D eigenvalue weighted by Crippen LogP contribution is 2.32. The molecule has 5 heteroatoms. The number of amides is 1. The first-order chi connectivity index (χ1) is 9.65. The summed E-state index contributed by atoms with van der Waals surface area (Å²) >= 11 is 1.91.